The van der Waals surface area contributed by atoms with Crippen LogP contribution in [0.25, 0.3) is 0 Å². The van der Waals surface area contributed by atoms with Gasteiger partial charge in [0.05, 0.1) is 5.92 Å². The summed E-state index contributed by atoms with van der Waals surface area (Å²) in [5, 5.41) is 0. The molecule has 5 heteroatoms. The summed E-state index contributed by atoms with van der Waals surface area (Å²) in [6, 6.07) is 1.96. The second kappa shape index (κ2) is 4.69. The van der Waals surface area contributed by atoms with Crippen molar-refractivity contribution < 1.29 is 4.79 Å². The van der Waals surface area contributed by atoms with Gasteiger partial charge in [0, 0.05) is 38.9 Å². The lowest BCUT2D eigenvalue weighted by atomic mass is 10.1. The number of nitrogens with zero attached hydrogens (tertiary/aromatic N) is 4. The van der Waals surface area contributed by atoms with E-state index in [1.54, 1.807) is 25.3 Å². The van der Waals surface area contributed by atoms with Gasteiger partial charge in [-0.15, -0.1) is 0 Å². The highest BCUT2D eigenvalue weighted by Crippen LogP contribution is 2.23. The predicted octanol–water partition coefficient (Wildman–Crippen LogP) is 0.700. The third-order valence-electron chi connectivity index (χ3n) is 3.09. The fraction of sp³-hybridized carbons (Fsp3) is 0.583. The van der Waals surface area contributed by atoms with Gasteiger partial charge in [0.2, 0.25) is 5.91 Å². The zero-order chi connectivity index (χ0) is 12.4. The van der Waals surface area contributed by atoms with Crippen molar-refractivity contribution in [1.29, 1.82) is 0 Å². The highest BCUT2D eigenvalue weighted by atomic mass is 16.2. The maximum absolute atomic E-state index is 11.9. The largest absolute Gasteiger partial charge is 0.356 e. The number of rotatable bonds is 2. The summed E-state index contributed by atoms with van der Waals surface area (Å²) in [5.74, 6) is 1.23. The molecule has 0 bridgehead atoms. The average molecular weight is 234 g/mol. The summed E-state index contributed by atoms with van der Waals surface area (Å²) in [6.07, 6.45) is 2.48. The summed E-state index contributed by atoms with van der Waals surface area (Å²) < 4.78 is 0. The molecule has 0 N–H and O–H groups in total. The minimum absolute atomic E-state index is 0.0975. The van der Waals surface area contributed by atoms with E-state index in [4.69, 9.17) is 0 Å². The maximum Gasteiger partial charge on any atom is 0.227 e. The molecule has 1 fully saturated rings. The number of hydrogen-bond acceptors (Lipinski definition) is 4. The Kier molecular flexibility index (Phi) is 3.26. The van der Waals surface area contributed by atoms with Crippen LogP contribution in [-0.4, -0.2) is 48.0 Å². The molecule has 1 aliphatic rings. The Morgan fingerprint density at radius 3 is 2.88 bits per heavy atom. The van der Waals surface area contributed by atoms with Crippen LogP contribution >= 0.6 is 0 Å². The first kappa shape index (κ1) is 11.8. The number of amides is 1. The van der Waals surface area contributed by atoms with Crippen molar-refractivity contribution in [3.8, 4) is 0 Å². The maximum atomic E-state index is 11.9. The molecule has 0 aromatic carbocycles. The lowest BCUT2D eigenvalue weighted by Crippen LogP contribution is -2.32. The van der Waals surface area contributed by atoms with Gasteiger partial charge in [0.25, 0.3) is 0 Å². The van der Waals surface area contributed by atoms with Crippen LogP contribution in [0, 0.1) is 12.8 Å². The van der Waals surface area contributed by atoms with Crippen LogP contribution in [0.2, 0.25) is 0 Å². The van der Waals surface area contributed by atoms with Crippen LogP contribution in [-0.2, 0) is 4.79 Å². The summed E-state index contributed by atoms with van der Waals surface area (Å²) >= 11 is 0. The molecule has 2 heterocycles. The standard InChI is InChI=1S/C12H18N4O/c1-9-6-11(14-8-13-9)16-5-4-10(7-16)12(17)15(2)3/h6,8,10H,4-5,7H2,1-3H3. The molecule has 0 radical (unpaired) electrons. The van der Waals surface area contributed by atoms with E-state index in [0.29, 0.717) is 0 Å². The van der Waals surface area contributed by atoms with Gasteiger partial charge in [0.15, 0.2) is 0 Å². The molecule has 1 aromatic heterocycles. The van der Waals surface area contributed by atoms with Crippen molar-refractivity contribution >= 4 is 11.7 Å². The monoisotopic (exact) mass is 234 g/mol. The Balaban J connectivity index is 2.05. The Labute approximate surface area is 101 Å². The van der Waals surface area contributed by atoms with E-state index in [1.807, 2.05) is 13.0 Å². The molecule has 1 atom stereocenters. The minimum Gasteiger partial charge on any atom is -0.356 e. The zero-order valence-electron chi connectivity index (χ0n) is 10.6. The SMILES string of the molecule is Cc1cc(N2CCC(C(=O)N(C)C)C2)ncn1. The fourth-order valence-electron chi connectivity index (χ4n) is 2.15. The van der Waals surface area contributed by atoms with Crippen molar-refractivity contribution in [3.05, 3.63) is 18.1 Å². The van der Waals surface area contributed by atoms with E-state index < -0.39 is 0 Å². The Hall–Kier alpha value is -1.65. The van der Waals surface area contributed by atoms with Crippen LogP contribution < -0.4 is 4.90 Å². The van der Waals surface area contributed by atoms with Crippen molar-refractivity contribution in [1.82, 2.24) is 14.9 Å². The van der Waals surface area contributed by atoms with Crippen molar-refractivity contribution in [2.45, 2.75) is 13.3 Å². The van der Waals surface area contributed by atoms with Gasteiger partial charge in [-0.1, -0.05) is 0 Å². The number of aromatic nitrogens is 2. The van der Waals surface area contributed by atoms with Crippen LogP contribution in [0.1, 0.15) is 12.1 Å². The number of anilines is 1. The average Bonchev–Trinajstić information content (AvgIpc) is 2.77. The molecule has 0 saturated carbocycles. The van der Waals surface area contributed by atoms with Crippen molar-refractivity contribution in [2.24, 2.45) is 5.92 Å². The van der Waals surface area contributed by atoms with Crippen molar-refractivity contribution in [3.63, 3.8) is 0 Å². The summed E-state index contributed by atoms with van der Waals surface area (Å²) in [4.78, 5) is 24.0. The molecular weight excluding hydrogens is 216 g/mol. The van der Waals surface area contributed by atoms with E-state index in [-0.39, 0.29) is 11.8 Å². The lowest BCUT2D eigenvalue weighted by Gasteiger charge is -2.19. The van der Waals surface area contributed by atoms with Gasteiger partial charge in [-0.05, 0) is 13.3 Å². The molecule has 92 valence electrons. The molecule has 0 aliphatic carbocycles. The number of aryl methyl sites for hydroxylation is 1. The van der Waals surface area contributed by atoms with Gasteiger partial charge in [-0.2, -0.15) is 0 Å². The number of carbonyl (C=O) groups is 1. The van der Waals surface area contributed by atoms with Gasteiger partial charge in [0.1, 0.15) is 12.1 Å². The van der Waals surface area contributed by atoms with Crippen molar-refractivity contribution in [2.75, 3.05) is 32.1 Å². The molecule has 1 saturated heterocycles. The first-order chi connectivity index (χ1) is 8.08. The molecule has 1 amide bonds. The number of hydrogen-bond donors (Lipinski definition) is 0. The third kappa shape index (κ3) is 2.54. The van der Waals surface area contributed by atoms with Gasteiger partial charge in [-0.25, -0.2) is 9.97 Å². The van der Waals surface area contributed by atoms with Crippen LogP contribution in [0.5, 0.6) is 0 Å². The Morgan fingerprint density at radius 1 is 1.47 bits per heavy atom. The first-order valence-corrected chi connectivity index (χ1v) is 5.82. The van der Waals surface area contributed by atoms with E-state index in [1.165, 1.54) is 0 Å². The second-order valence-electron chi connectivity index (χ2n) is 4.68. The highest BCUT2D eigenvalue weighted by Gasteiger charge is 2.29. The van der Waals surface area contributed by atoms with Crippen LogP contribution in [0.4, 0.5) is 5.82 Å². The van der Waals surface area contributed by atoms with Gasteiger partial charge >= 0.3 is 0 Å². The highest BCUT2D eigenvalue weighted by molar-refractivity contribution is 5.79. The van der Waals surface area contributed by atoms with E-state index in [2.05, 4.69) is 14.9 Å². The normalized spacial score (nSPS) is 19.5. The summed E-state index contributed by atoms with van der Waals surface area (Å²) in [6.45, 7) is 3.60. The van der Waals surface area contributed by atoms with E-state index in [0.717, 1.165) is 31.0 Å². The smallest absolute Gasteiger partial charge is 0.227 e. The predicted molar refractivity (Wildman–Crippen MR) is 65.8 cm³/mol. The van der Waals surface area contributed by atoms with Crippen LogP contribution in [0.3, 0.4) is 0 Å². The second-order valence-corrected chi connectivity index (χ2v) is 4.68. The van der Waals surface area contributed by atoms with Gasteiger partial charge < -0.3 is 9.80 Å². The third-order valence-corrected chi connectivity index (χ3v) is 3.09. The first-order valence-electron chi connectivity index (χ1n) is 5.82. The van der Waals surface area contributed by atoms with E-state index >= 15 is 0 Å². The molecule has 17 heavy (non-hydrogen) atoms. The Bertz CT molecular complexity index is 419. The molecule has 5 nitrogen and oxygen atoms in total. The van der Waals surface area contributed by atoms with Crippen LogP contribution in [0.15, 0.2) is 12.4 Å². The summed E-state index contributed by atoms with van der Waals surface area (Å²) in [7, 11) is 3.61. The Morgan fingerprint density at radius 2 is 2.24 bits per heavy atom. The molecular formula is C12H18N4O. The molecule has 1 unspecified atom stereocenters. The quantitative estimate of drug-likeness (QED) is 0.756. The van der Waals surface area contributed by atoms with E-state index in [9.17, 15) is 4.79 Å². The molecule has 2 rings (SSSR count). The fourth-order valence-corrected chi connectivity index (χ4v) is 2.15. The minimum atomic E-state index is 0.0975. The topological polar surface area (TPSA) is 49.3 Å². The number of carbonyl (C=O) groups excluding carboxylic acids is 1. The molecule has 1 aliphatic heterocycles. The summed E-state index contributed by atoms with van der Waals surface area (Å²) in [5.41, 5.74) is 0.956. The lowest BCUT2D eigenvalue weighted by molar-refractivity contribution is -0.132. The molecule has 0 spiro atoms. The zero-order valence-corrected chi connectivity index (χ0v) is 10.6. The van der Waals surface area contributed by atoms with Gasteiger partial charge in [-0.3, -0.25) is 4.79 Å². The molecule has 1 aromatic rings.